The minimum atomic E-state index is -3.50. The van der Waals surface area contributed by atoms with Gasteiger partial charge < -0.3 is 15.2 Å². The van der Waals surface area contributed by atoms with Crippen molar-refractivity contribution in [1.29, 1.82) is 0 Å². The highest BCUT2D eigenvalue weighted by Gasteiger charge is 2.21. The Balaban J connectivity index is 2.72. The highest BCUT2D eigenvalue weighted by Crippen LogP contribution is 2.17. The van der Waals surface area contributed by atoms with Crippen LogP contribution in [0.1, 0.15) is 23.7 Å². The summed E-state index contributed by atoms with van der Waals surface area (Å²) in [5, 5.41) is 10.9. The summed E-state index contributed by atoms with van der Waals surface area (Å²) in [5.41, 5.74) is 0.0779. The van der Waals surface area contributed by atoms with E-state index in [1.165, 1.54) is 12.1 Å². The molecule has 1 aromatic rings. The van der Waals surface area contributed by atoms with Gasteiger partial charge in [-0.15, -0.1) is 0 Å². The van der Waals surface area contributed by atoms with Crippen LogP contribution in [0.5, 0.6) is 0 Å². The number of rotatable bonds is 9. The first kappa shape index (κ1) is 18.1. The molecule has 0 bridgehead atoms. The molecule has 1 amide bonds. The van der Waals surface area contributed by atoms with Crippen LogP contribution >= 0.6 is 0 Å². The van der Waals surface area contributed by atoms with Crippen LogP contribution in [0.3, 0.4) is 0 Å². The van der Waals surface area contributed by atoms with Crippen LogP contribution in [0.4, 0.5) is 0 Å². The maximum absolute atomic E-state index is 12.1. The van der Waals surface area contributed by atoms with Crippen LogP contribution < -0.4 is 5.32 Å². The van der Waals surface area contributed by atoms with Crippen molar-refractivity contribution in [3.8, 4) is 0 Å². The fourth-order valence-electron chi connectivity index (χ4n) is 1.80. The zero-order valence-corrected chi connectivity index (χ0v) is 13.1. The van der Waals surface area contributed by atoms with E-state index in [9.17, 15) is 18.0 Å². The Bertz CT molecular complexity index is 626. The molecular formula is C14H19NO6S. The number of carbonyl (C=O) groups is 2. The monoisotopic (exact) mass is 329 g/mol. The van der Waals surface area contributed by atoms with Gasteiger partial charge in [0.15, 0.2) is 9.84 Å². The average Bonchev–Trinajstić information content (AvgIpc) is 2.46. The highest BCUT2D eigenvalue weighted by atomic mass is 32.2. The first-order chi connectivity index (χ1) is 10.4. The molecule has 2 N–H and O–H groups in total. The number of ether oxygens (including phenoxy) is 1. The third-order valence-corrected chi connectivity index (χ3v) is 4.67. The Morgan fingerprint density at radius 3 is 2.59 bits per heavy atom. The zero-order valence-electron chi connectivity index (χ0n) is 12.2. The molecule has 0 aliphatic rings. The van der Waals surface area contributed by atoms with Crippen LogP contribution in [0, 0.1) is 0 Å². The van der Waals surface area contributed by atoms with E-state index in [1.54, 1.807) is 19.1 Å². The summed E-state index contributed by atoms with van der Waals surface area (Å²) in [5.74, 6) is -1.66. The van der Waals surface area contributed by atoms with Crippen molar-refractivity contribution in [3.63, 3.8) is 0 Å². The maximum Gasteiger partial charge on any atom is 0.329 e. The van der Waals surface area contributed by atoms with E-state index in [2.05, 4.69) is 5.32 Å². The molecule has 7 nitrogen and oxygen atoms in total. The lowest BCUT2D eigenvalue weighted by atomic mass is 10.2. The van der Waals surface area contributed by atoms with Crippen LogP contribution in [0.2, 0.25) is 0 Å². The van der Waals surface area contributed by atoms with Gasteiger partial charge in [0.1, 0.15) is 6.61 Å². The van der Waals surface area contributed by atoms with E-state index in [4.69, 9.17) is 9.84 Å². The van der Waals surface area contributed by atoms with Gasteiger partial charge in [-0.1, -0.05) is 19.1 Å². The lowest BCUT2D eigenvalue weighted by Gasteiger charge is -2.10. The lowest BCUT2D eigenvalue weighted by Crippen LogP contribution is -2.29. The van der Waals surface area contributed by atoms with E-state index in [1.807, 2.05) is 0 Å². The van der Waals surface area contributed by atoms with Crippen LogP contribution in [-0.4, -0.2) is 50.9 Å². The molecule has 0 unspecified atom stereocenters. The molecule has 0 atom stereocenters. The molecule has 0 fully saturated rings. The lowest BCUT2D eigenvalue weighted by molar-refractivity contribution is -0.142. The topological polar surface area (TPSA) is 110 Å². The van der Waals surface area contributed by atoms with Gasteiger partial charge in [-0.3, -0.25) is 4.79 Å². The van der Waals surface area contributed by atoms with E-state index < -0.39 is 28.3 Å². The minimum absolute atomic E-state index is 0.000745. The summed E-state index contributed by atoms with van der Waals surface area (Å²) in [4.78, 5) is 22.3. The Hall–Kier alpha value is -1.93. The van der Waals surface area contributed by atoms with Gasteiger partial charge in [0.2, 0.25) is 0 Å². The molecule has 0 saturated heterocycles. The summed E-state index contributed by atoms with van der Waals surface area (Å²) in [6.45, 7) is 1.42. The molecule has 1 aromatic carbocycles. The van der Waals surface area contributed by atoms with Gasteiger partial charge in [-0.2, -0.15) is 0 Å². The highest BCUT2D eigenvalue weighted by molar-refractivity contribution is 7.91. The number of hydrogen-bond acceptors (Lipinski definition) is 5. The van der Waals surface area contributed by atoms with Crippen molar-refractivity contribution in [3.05, 3.63) is 29.8 Å². The predicted octanol–water partition coefficient (Wildman–Crippen LogP) is 0.701. The van der Waals surface area contributed by atoms with Crippen molar-refractivity contribution in [1.82, 2.24) is 5.32 Å². The van der Waals surface area contributed by atoms with Gasteiger partial charge in [0, 0.05) is 6.54 Å². The van der Waals surface area contributed by atoms with Gasteiger partial charge in [-0.05, 0) is 18.6 Å². The van der Waals surface area contributed by atoms with E-state index in [0.717, 1.165) is 0 Å². The molecule has 0 spiro atoms. The Kier molecular flexibility index (Phi) is 7.00. The third kappa shape index (κ3) is 5.45. The number of nitrogens with one attached hydrogen (secondary N) is 1. The summed E-state index contributed by atoms with van der Waals surface area (Å²) < 4.78 is 29.1. The first-order valence-electron chi connectivity index (χ1n) is 6.78. The molecule has 0 saturated carbocycles. The molecule has 0 aliphatic carbocycles. The smallest absolute Gasteiger partial charge is 0.329 e. The molecule has 1 rings (SSSR count). The number of sulfone groups is 1. The van der Waals surface area contributed by atoms with Gasteiger partial charge in [0.25, 0.3) is 5.91 Å². The summed E-state index contributed by atoms with van der Waals surface area (Å²) >= 11 is 0. The van der Waals surface area contributed by atoms with E-state index in [0.29, 0.717) is 6.42 Å². The van der Waals surface area contributed by atoms with Crippen molar-refractivity contribution in [2.75, 3.05) is 25.5 Å². The number of benzene rings is 1. The van der Waals surface area contributed by atoms with Gasteiger partial charge in [0.05, 0.1) is 22.8 Å². The molecule has 0 aromatic heterocycles. The largest absolute Gasteiger partial charge is 0.480 e. The number of amides is 1. The first-order valence-corrected chi connectivity index (χ1v) is 8.43. The number of aliphatic carboxylic acids is 1. The van der Waals surface area contributed by atoms with Crippen LogP contribution in [0.25, 0.3) is 0 Å². The maximum atomic E-state index is 12.1. The standard InChI is InChI=1S/C14H19NO6S/c1-2-9-22(19,20)12-6-4-3-5-11(12)14(18)15-7-8-21-10-13(16)17/h3-6H,2,7-10H2,1H3,(H,15,18)(H,16,17). The van der Waals surface area contributed by atoms with E-state index >= 15 is 0 Å². The molecule has 0 heterocycles. The summed E-state index contributed by atoms with van der Waals surface area (Å²) in [7, 11) is -3.50. The Labute approximate surface area is 129 Å². The molecule has 22 heavy (non-hydrogen) atoms. The second-order valence-electron chi connectivity index (χ2n) is 4.52. The SMILES string of the molecule is CCCS(=O)(=O)c1ccccc1C(=O)NCCOCC(=O)O. The molecular weight excluding hydrogens is 310 g/mol. The number of carboxylic acid groups (broad SMARTS) is 1. The number of carboxylic acids is 1. The second kappa shape index (κ2) is 8.50. The molecule has 0 radical (unpaired) electrons. The molecule has 122 valence electrons. The summed E-state index contributed by atoms with van der Waals surface area (Å²) in [6, 6.07) is 5.99. The normalized spacial score (nSPS) is 11.1. The van der Waals surface area contributed by atoms with E-state index in [-0.39, 0.29) is 29.4 Å². The zero-order chi connectivity index (χ0) is 16.6. The molecule has 8 heteroatoms. The van der Waals surface area contributed by atoms with Crippen molar-refractivity contribution >= 4 is 21.7 Å². The number of hydrogen-bond donors (Lipinski definition) is 2. The average molecular weight is 329 g/mol. The molecule has 0 aliphatic heterocycles. The van der Waals surface area contributed by atoms with Crippen molar-refractivity contribution in [2.45, 2.75) is 18.2 Å². The van der Waals surface area contributed by atoms with Gasteiger partial charge in [-0.25, -0.2) is 13.2 Å². The van der Waals surface area contributed by atoms with Crippen molar-refractivity contribution < 1.29 is 27.9 Å². The Morgan fingerprint density at radius 2 is 1.95 bits per heavy atom. The quantitative estimate of drug-likeness (QED) is 0.645. The van der Waals surface area contributed by atoms with Crippen molar-refractivity contribution in [2.24, 2.45) is 0 Å². The third-order valence-electron chi connectivity index (χ3n) is 2.70. The summed E-state index contributed by atoms with van der Waals surface area (Å²) in [6.07, 6.45) is 0.460. The predicted molar refractivity (Wildman–Crippen MR) is 79.6 cm³/mol. The fourth-order valence-corrected chi connectivity index (χ4v) is 3.33. The van der Waals surface area contributed by atoms with Gasteiger partial charge >= 0.3 is 5.97 Å². The van der Waals surface area contributed by atoms with Crippen LogP contribution in [-0.2, 0) is 19.4 Å². The number of carbonyl (C=O) groups excluding carboxylic acids is 1. The second-order valence-corrected chi connectivity index (χ2v) is 6.59. The minimum Gasteiger partial charge on any atom is -0.480 e. The Morgan fingerprint density at radius 1 is 1.27 bits per heavy atom. The fraction of sp³-hybridized carbons (Fsp3) is 0.429. The van der Waals surface area contributed by atoms with Crippen LogP contribution in [0.15, 0.2) is 29.2 Å².